The molecule has 3 rings (SSSR count). The third-order valence-electron chi connectivity index (χ3n) is 3.64. The number of amides is 1. The number of benzene rings is 2. The molecule has 0 unspecified atom stereocenters. The smallest absolute Gasteiger partial charge is 0.254 e. The van der Waals surface area contributed by atoms with Gasteiger partial charge in [-0.25, -0.2) is 0 Å². The summed E-state index contributed by atoms with van der Waals surface area (Å²) >= 11 is 5.97. The Morgan fingerprint density at radius 1 is 1.13 bits per heavy atom. The summed E-state index contributed by atoms with van der Waals surface area (Å²) in [6.07, 6.45) is 0. The highest BCUT2D eigenvalue weighted by atomic mass is 35.5. The average Bonchev–Trinajstić information content (AvgIpc) is 2.53. The number of nitrogens with one attached hydrogen (secondary N) is 1. The van der Waals surface area contributed by atoms with Gasteiger partial charge in [0.25, 0.3) is 5.91 Å². The first-order valence-electron chi connectivity index (χ1n) is 7.16. The van der Waals surface area contributed by atoms with Crippen molar-refractivity contribution in [2.24, 2.45) is 0 Å². The van der Waals surface area contributed by atoms with Gasteiger partial charge in [-0.05, 0) is 23.8 Å². The van der Waals surface area contributed by atoms with E-state index in [1.54, 1.807) is 24.1 Å². The Morgan fingerprint density at radius 2 is 1.91 bits per heavy atom. The van der Waals surface area contributed by atoms with Crippen LogP contribution in [0.3, 0.4) is 0 Å². The van der Waals surface area contributed by atoms with Crippen LogP contribution in [-0.4, -0.2) is 22.8 Å². The molecule has 0 aliphatic carbocycles. The van der Waals surface area contributed by atoms with E-state index in [0.29, 0.717) is 22.6 Å². The summed E-state index contributed by atoms with van der Waals surface area (Å²) in [6.45, 7) is 0.417. The van der Waals surface area contributed by atoms with E-state index in [9.17, 15) is 9.59 Å². The minimum absolute atomic E-state index is 0.202. The molecule has 3 aromatic rings. The summed E-state index contributed by atoms with van der Waals surface area (Å²) in [5.41, 5.74) is 1.69. The van der Waals surface area contributed by atoms with Gasteiger partial charge in [0.1, 0.15) is 0 Å². The highest BCUT2D eigenvalue weighted by Crippen LogP contribution is 2.18. The number of hydrogen-bond donors (Lipinski definition) is 1. The summed E-state index contributed by atoms with van der Waals surface area (Å²) in [4.78, 5) is 28.8. The quantitative estimate of drug-likeness (QED) is 0.801. The molecule has 0 radical (unpaired) electrons. The Balaban J connectivity index is 1.95. The minimum Gasteiger partial charge on any atom is -0.337 e. The molecule has 1 heterocycles. The van der Waals surface area contributed by atoms with Crippen molar-refractivity contribution < 1.29 is 4.79 Å². The molecule has 1 N–H and O–H groups in total. The molecule has 0 saturated carbocycles. The van der Waals surface area contributed by atoms with E-state index in [4.69, 9.17) is 11.6 Å². The van der Waals surface area contributed by atoms with E-state index in [0.717, 1.165) is 10.9 Å². The monoisotopic (exact) mass is 326 g/mol. The van der Waals surface area contributed by atoms with Crippen molar-refractivity contribution in [2.45, 2.75) is 6.54 Å². The maximum Gasteiger partial charge on any atom is 0.254 e. The highest BCUT2D eigenvalue weighted by molar-refractivity contribution is 6.30. The lowest BCUT2D eigenvalue weighted by molar-refractivity contribution is 0.0787. The van der Waals surface area contributed by atoms with Crippen LogP contribution < -0.4 is 5.56 Å². The number of halogens is 1. The predicted octanol–water partition coefficient (Wildman–Crippen LogP) is 3.45. The largest absolute Gasteiger partial charge is 0.337 e. The van der Waals surface area contributed by atoms with Crippen LogP contribution in [0.2, 0.25) is 5.02 Å². The molecule has 1 aromatic heterocycles. The fourth-order valence-corrected chi connectivity index (χ4v) is 2.78. The molecule has 0 saturated heterocycles. The van der Waals surface area contributed by atoms with E-state index in [1.807, 2.05) is 36.4 Å². The van der Waals surface area contributed by atoms with Crippen LogP contribution in [0.4, 0.5) is 0 Å². The summed E-state index contributed by atoms with van der Waals surface area (Å²) in [7, 11) is 1.71. The van der Waals surface area contributed by atoms with Gasteiger partial charge in [0, 0.05) is 35.6 Å². The zero-order valence-electron chi connectivity index (χ0n) is 12.5. The fraction of sp³-hybridized carbons (Fsp3) is 0.111. The molecular formula is C18H15ClN2O2. The van der Waals surface area contributed by atoms with Crippen molar-refractivity contribution in [3.05, 3.63) is 81.1 Å². The number of pyridine rings is 1. The average molecular weight is 327 g/mol. The number of rotatable bonds is 3. The van der Waals surface area contributed by atoms with Gasteiger partial charge in [-0.15, -0.1) is 0 Å². The number of para-hydroxylation sites is 1. The second kappa shape index (κ2) is 6.26. The van der Waals surface area contributed by atoms with Crippen LogP contribution in [0.25, 0.3) is 10.9 Å². The minimum atomic E-state index is -0.289. The first-order valence-corrected chi connectivity index (χ1v) is 7.54. The first kappa shape index (κ1) is 15.3. The molecule has 23 heavy (non-hydrogen) atoms. The number of fused-ring (bicyclic) bond motifs is 1. The van der Waals surface area contributed by atoms with Crippen LogP contribution in [0.5, 0.6) is 0 Å². The number of nitrogens with zero attached hydrogens (tertiary/aromatic N) is 1. The molecule has 4 nitrogen and oxygen atoms in total. The van der Waals surface area contributed by atoms with E-state index >= 15 is 0 Å². The summed E-state index contributed by atoms with van der Waals surface area (Å²) in [5.74, 6) is -0.202. The highest BCUT2D eigenvalue weighted by Gasteiger charge is 2.16. The molecule has 5 heteroatoms. The number of hydrogen-bond acceptors (Lipinski definition) is 2. The number of aromatic nitrogens is 1. The Bertz CT molecular complexity index is 933. The van der Waals surface area contributed by atoms with Crippen molar-refractivity contribution in [1.82, 2.24) is 9.88 Å². The Kier molecular flexibility index (Phi) is 4.17. The van der Waals surface area contributed by atoms with Gasteiger partial charge in [-0.3, -0.25) is 9.59 Å². The van der Waals surface area contributed by atoms with E-state index in [1.165, 1.54) is 6.07 Å². The zero-order valence-corrected chi connectivity index (χ0v) is 13.3. The van der Waals surface area contributed by atoms with E-state index in [2.05, 4.69) is 4.98 Å². The molecule has 116 valence electrons. The molecule has 2 aromatic carbocycles. The summed E-state index contributed by atoms with van der Waals surface area (Å²) in [6, 6.07) is 16.0. The van der Waals surface area contributed by atoms with Crippen LogP contribution in [0, 0.1) is 0 Å². The summed E-state index contributed by atoms with van der Waals surface area (Å²) < 4.78 is 0. The van der Waals surface area contributed by atoms with Gasteiger partial charge in [0.15, 0.2) is 0 Å². The topological polar surface area (TPSA) is 53.2 Å². The van der Waals surface area contributed by atoms with Crippen LogP contribution in [0.15, 0.2) is 59.4 Å². The third-order valence-corrected chi connectivity index (χ3v) is 3.87. The standard InChI is InChI=1S/C18H15ClN2O2/c1-21(11-12-5-4-6-13(19)9-12)18(23)15-10-17(22)20-16-8-3-2-7-14(15)16/h2-10H,11H2,1H3,(H,20,22). The normalized spacial score (nSPS) is 10.7. The van der Waals surface area contributed by atoms with Crippen molar-refractivity contribution >= 4 is 28.4 Å². The van der Waals surface area contributed by atoms with Gasteiger partial charge >= 0.3 is 0 Å². The second-order valence-electron chi connectivity index (χ2n) is 5.38. The van der Waals surface area contributed by atoms with Crippen LogP contribution in [-0.2, 0) is 6.54 Å². The Hall–Kier alpha value is -2.59. The molecular weight excluding hydrogens is 312 g/mol. The number of aromatic amines is 1. The number of carbonyl (C=O) groups excluding carboxylic acids is 1. The molecule has 0 aliphatic heterocycles. The Morgan fingerprint density at radius 3 is 2.70 bits per heavy atom. The lowest BCUT2D eigenvalue weighted by Crippen LogP contribution is -2.27. The van der Waals surface area contributed by atoms with Crippen molar-refractivity contribution in [1.29, 1.82) is 0 Å². The van der Waals surface area contributed by atoms with Crippen molar-refractivity contribution in [2.75, 3.05) is 7.05 Å². The van der Waals surface area contributed by atoms with Gasteiger partial charge in [0.05, 0.1) is 5.56 Å². The number of carbonyl (C=O) groups is 1. The van der Waals surface area contributed by atoms with Gasteiger partial charge < -0.3 is 9.88 Å². The fourth-order valence-electron chi connectivity index (χ4n) is 2.57. The SMILES string of the molecule is CN(Cc1cccc(Cl)c1)C(=O)c1cc(=O)[nH]c2ccccc12. The van der Waals surface area contributed by atoms with Crippen LogP contribution >= 0.6 is 11.6 Å². The maximum absolute atomic E-state index is 12.7. The second-order valence-corrected chi connectivity index (χ2v) is 5.82. The molecule has 0 aliphatic rings. The molecule has 0 spiro atoms. The van der Waals surface area contributed by atoms with E-state index < -0.39 is 0 Å². The van der Waals surface area contributed by atoms with Crippen LogP contribution in [0.1, 0.15) is 15.9 Å². The molecule has 0 atom stereocenters. The van der Waals surface area contributed by atoms with Gasteiger partial charge in [-0.1, -0.05) is 41.9 Å². The lowest BCUT2D eigenvalue weighted by atomic mass is 10.1. The lowest BCUT2D eigenvalue weighted by Gasteiger charge is -2.18. The summed E-state index contributed by atoms with van der Waals surface area (Å²) in [5, 5.41) is 1.36. The first-order chi connectivity index (χ1) is 11.0. The Labute approximate surface area is 138 Å². The van der Waals surface area contributed by atoms with Crippen molar-refractivity contribution in [3.63, 3.8) is 0 Å². The number of H-pyrrole nitrogens is 1. The molecule has 1 amide bonds. The van der Waals surface area contributed by atoms with Gasteiger partial charge in [-0.2, -0.15) is 0 Å². The van der Waals surface area contributed by atoms with Crippen molar-refractivity contribution in [3.8, 4) is 0 Å². The van der Waals surface area contributed by atoms with Gasteiger partial charge in [0.2, 0.25) is 5.56 Å². The zero-order chi connectivity index (χ0) is 16.4. The third kappa shape index (κ3) is 3.27. The van der Waals surface area contributed by atoms with E-state index in [-0.39, 0.29) is 11.5 Å². The molecule has 0 bridgehead atoms. The maximum atomic E-state index is 12.7. The predicted molar refractivity (Wildman–Crippen MR) is 91.8 cm³/mol. The molecule has 0 fully saturated rings.